The number of hydrogen-bond donors (Lipinski definition) is 0. The molecule has 2 heterocycles. The second-order valence-electron chi connectivity index (χ2n) is 8.70. The molecule has 0 spiro atoms. The second-order valence-corrected chi connectivity index (χ2v) is 10.1. The number of esters is 1. The minimum Gasteiger partial charge on any atom is -0.489 e. The first kappa shape index (κ1) is 25.7. The van der Waals surface area contributed by atoms with Crippen LogP contribution in [0, 0.1) is 0 Å². The SMILES string of the molecule is CCOC(=O)C1=C(C)N=c2s/c(=C/c3ccc(OCc4ccc(Cl)cc4)cc3)c(=O)n2C1c1ccccc1. The number of thiazole rings is 1. The molecule has 5 rings (SSSR count). The zero-order valence-electron chi connectivity index (χ0n) is 20.9. The molecule has 4 aromatic rings. The number of aromatic nitrogens is 1. The van der Waals surface area contributed by atoms with E-state index in [0.29, 0.717) is 32.2 Å². The Balaban J connectivity index is 1.47. The Morgan fingerprint density at radius 3 is 2.45 bits per heavy atom. The highest BCUT2D eigenvalue weighted by atomic mass is 35.5. The summed E-state index contributed by atoms with van der Waals surface area (Å²) in [5.74, 6) is 0.253. The van der Waals surface area contributed by atoms with Crippen molar-refractivity contribution in [1.29, 1.82) is 0 Å². The van der Waals surface area contributed by atoms with Crippen molar-refractivity contribution in [3.05, 3.63) is 132 Å². The van der Waals surface area contributed by atoms with Gasteiger partial charge < -0.3 is 9.47 Å². The van der Waals surface area contributed by atoms with Crippen molar-refractivity contribution in [2.24, 2.45) is 4.99 Å². The van der Waals surface area contributed by atoms with E-state index in [2.05, 4.69) is 4.99 Å². The maximum absolute atomic E-state index is 13.7. The smallest absolute Gasteiger partial charge is 0.338 e. The Bertz CT molecular complexity index is 1670. The van der Waals surface area contributed by atoms with Gasteiger partial charge in [-0.2, -0.15) is 0 Å². The highest BCUT2D eigenvalue weighted by molar-refractivity contribution is 7.07. The molecule has 192 valence electrons. The summed E-state index contributed by atoms with van der Waals surface area (Å²) in [4.78, 5) is 31.7. The van der Waals surface area contributed by atoms with Crippen LogP contribution in [0.1, 0.15) is 36.6 Å². The number of allylic oxidation sites excluding steroid dienone is 1. The number of carbonyl (C=O) groups is 1. The molecular weight excluding hydrogens is 520 g/mol. The monoisotopic (exact) mass is 544 g/mol. The highest BCUT2D eigenvalue weighted by Gasteiger charge is 2.33. The number of carbonyl (C=O) groups excluding carboxylic acids is 1. The van der Waals surface area contributed by atoms with E-state index in [1.807, 2.05) is 84.9 Å². The molecule has 8 heteroatoms. The summed E-state index contributed by atoms with van der Waals surface area (Å²) < 4.78 is 13.3. The van der Waals surface area contributed by atoms with E-state index in [0.717, 1.165) is 22.4 Å². The number of fused-ring (bicyclic) bond motifs is 1. The van der Waals surface area contributed by atoms with Gasteiger partial charge >= 0.3 is 5.97 Å². The van der Waals surface area contributed by atoms with Crippen LogP contribution >= 0.6 is 22.9 Å². The lowest BCUT2D eigenvalue weighted by atomic mass is 9.96. The van der Waals surface area contributed by atoms with Crippen LogP contribution in [0.5, 0.6) is 5.75 Å². The fourth-order valence-electron chi connectivity index (χ4n) is 4.30. The zero-order valence-corrected chi connectivity index (χ0v) is 22.5. The first-order valence-electron chi connectivity index (χ1n) is 12.2. The lowest BCUT2D eigenvalue weighted by molar-refractivity contribution is -0.139. The van der Waals surface area contributed by atoms with E-state index in [1.165, 1.54) is 11.3 Å². The maximum atomic E-state index is 13.7. The zero-order chi connectivity index (χ0) is 26.6. The predicted octanol–water partition coefficient (Wildman–Crippen LogP) is 5.03. The fraction of sp³-hybridized carbons (Fsp3) is 0.167. The van der Waals surface area contributed by atoms with E-state index in [4.69, 9.17) is 21.1 Å². The molecule has 0 fully saturated rings. The molecule has 1 aliphatic heterocycles. The Labute approximate surface area is 228 Å². The second kappa shape index (κ2) is 11.2. The van der Waals surface area contributed by atoms with Crippen LogP contribution in [0.2, 0.25) is 5.02 Å². The van der Waals surface area contributed by atoms with Crippen molar-refractivity contribution in [2.75, 3.05) is 6.61 Å². The third-order valence-corrected chi connectivity index (χ3v) is 7.36. The van der Waals surface area contributed by atoms with Gasteiger partial charge in [0.15, 0.2) is 4.80 Å². The van der Waals surface area contributed by atoms with Gasteiger partial charge in [0.25, 0.3) is 5.56 Å². The molecule has 0 saturated heterocycles. The van der Waals surface area contributed by atoms with E-state index in [-0.39, 0.29) is 12.2 Å². The largest absolute Gasteiger partial charge is 0.489 e. The van der Waals surface area contributed by atoms with Crippen LogP contribution in [0.4, 0.5) is 0 Å². The molecule has 0 saturated carbocycles. The van der Waals surface area contributed by atoms with Crippen LogP contribution in [0.25, 0.3) is 6.08 Å². The molecule has 0 bridgehead atoms. The predicted molar refractivity (Wildman–Crippen MR) is 149 cm³/mol. The Hall–Kier alpha value is -3.94. The Morgan fingerprint density at radius 2 is 1.76 bits per heavy atom. The number of benzene rings is 3. The molecule has 6 nitrogen and oxygen atoms in total. The van der Waals surface area contributed by atoms with Gasteiger partial charge in [0.1, 0.15) is 12.4 Å². The van der Waals surface area contributed by atoms with Gasteiger partial charge in [0, 0.05) is 5.02 Å². The number of ether oxygens (including phenoxy) is 2. The van der Waals surface area contributed by atoms with Gasteiger partial charge in [-0.25, -0.2) is 9.79 Å². The van der Waals surface area contributed by atoms with Crippen molar-refractivity contribution in [2.45, 2.75) is 26.5 Å². The summed E-state index contributed by atoms with van der Waals surface area (Å²) >= 11 is 7.24. The van der Waals surface area contributed by atoms with Crippen LogP contribution in [-0.4, -0.2) is 17.1 Å². The molecule has 1 atom stereocenters. The molecule has 0 amide bonds. The van der Waals surface area contributed by atoms with Gasteiger partial charge in [-0.15, -0.1) is 0 Å². The number of halogens is 1. The molecule has 38 heavy (non-hydrogen) atoms. The molecule has 0 N–H and O–H groups in total. The Morgan fingerprint density at radius 1 is 1.05 bits per heavy atom. The van der Waals surface area contributed by atoms with Crippen LogP contribution in [0.15, 0.2) is 99.9 Å². The highest BCUT2D eigenvalue weighted by Crippen LogP contribution is 2.30. The minimum atomic E-state index is -0.614. The van der Waals surface area contributed by atoms with Gasteiger partial charge in [-0.3, -0.25) is 9.36 Å². The topological polar surface area (TPSA) is 69.9 Å². The molecule has 3 aromatic carbocycles. The minimum absolute atomic E-state index is 0.208. The molecule has 1 aromatic heterocycles. The first-order valence-corrected chi connectivity index (χ1v) is 13.4. The Kier molecular flexibility index (Phi) is 7.58. The average Bonchev–Trinajstić information content (AvgIpc) is 3.23. The molecule has 0 aliphatic carbocycles. The molecule has 1 unspecified atom stereocenters. The number of hydrogen-bond acceptors (Lipinski definition) is 6. The molecular formula is C30H25ClN2O4S. The molecule has 0 radical (unpaired) electrons. The third-order valence-electron chi connectivity index (χ3n) is 6.13. The van der Waals surface area contributed by atoms with Crippen molar-refractivity contribution < 1.29 is 14.3 Å². The summed E-state index contributed by atoms with van der Waals surface area (Å²) in [5, 5.41) is 0.686. The van der Waals surface area contributed by atoms with Gasteiger partial charge in [0.05, 0.1) is 28.5 Å². The quantitative estimate of drug-likeness (QED) is 0.306. The van der Waals surface area contributed by atoms with Gasteiger partial charge in [0.2, 0.25) is 0 Å². The third kappa shape index (κ3) is 5.35. The summed E-state index contributed by atoms with van der Waals surface area (Å²) in [6.45, 7) is 4.20. The number of rotatable bonds is 7. The van der Waals surface area contributed by atoms with Crippen LogP contribution in [0.3, 0.4) is 0 Å². The fourth-order valence-corrected chi connectivity index (χ4v) is 5.47. The normalized spacial score (nSPS) is 15.1. The lowest BCUT2D eigenvalue weighted by Gasteiger charge is -2.24. The number of nitrogens with zero attached hydrogens (tertiary/aromatic N) is 2. The maximum Gasteiger partial charge on any atom is 0.338 e. The van der Waals surface area contributed by atoms with Crippen molar-refractivity contribution in [1.82, 2.24) is 4.57 Å². The summed E-state index contributed by atoms with van der Waals surface area (Å²) in [7, 11) is 0. The summed E-state index contributed by atoms with van der Waals surface area (Å²) in [6, 6.07) is 23.9. The summed E-state index contributed by atoms with van der Waals surface area (Å²) in [6.07, 6.45) is 1.83. The van der Waals surface area contributed by atoms with Crippen LogP contribution in [-0.2, 0) is 16.1 Å². The van der Waals surface area contributed by atoms with Crippen molar-refractivity contribution in [3.8, 4) is 5.75 Å². The van der Waals surface area contributed by atoms with Crippen molar-refractivity contribution in [3.63, 3.8) is 0 Å². The average molecular weight is 545 g/mol. The standard InChI is InChI=1S/C30H25ClN2O4S/c1-3-36-29(35)26-19(2)32-30-33(27(26)22-7-5-4-6-8-22)28(34)25(38-30)17-20-11-15-24(16-12-20)37-18-21-9-13-23(31)14-10-21/h4-17,27H,3,18H2,1-2H3/b25-17+. The van der Waals surface area contributed by atoms with Crippen molar-refractivity contribution >= 4 is 35.0 Å². The van der Waals surface area contributed by atoms with E-state index < -0.39 is 12.0 Å². The van der Waals surface area contributed by atoms with E-state index in [9.17, 15) is 9.59 Å². The summed E-state index contributed by atoms with van der Waals surface area (Å²) in [5.41, 5.74) is 3.41. The van der Waals surface area contributed by atoms with Gasteiger partial charge in [-0.1, -0.05) is 77.5 Å². The van der Waals surface area contributed by atoms with Gasteiger partial charge in [-0.05, 0) is 60.9 Å². The lowest BCUT2D eigenvalue weighted by Crippen LogP contribution is -2.39. The molecule has 1 aliphatic rings. The van der Waals surface area contributed by atoms with E-state index >= 15 is 0 Å². The van der Waals surface area contributed by atoms with E-state index in [1.54, 1.807) is 18.4 Å². The first-order chi connectivity index (χ1) is 18.4. The van der Waals surface area contributed by atoms with Crippen LogP contribution < -0.4 is 19.6 Å².